The average molecular weight is 366 g/mol. The molecule has 0 bridgehead atoms. The second-order valence-corrected chi connectivity index (χ2v) is 6.67. The SMILES string of the molecule is O=C(O)C1CCN(CCc2cc([N+](=O)[O-])cc3c2NC(O)C(O)N3)CC1. The number of carbonyl (C=O) groups is 1. The van der Waals surface area contributed by atoms with Crippen molar-refractivity contribution in [2.24, 2.45) is 5.92 Å². The van der Waals surface area contributed by atoms with E-state index in [0.29, 0.717) is 55.8 Å². The van der Waals surface area contributed by atoms with E-state index < -0.39 is 23.3 Å². The average Bonchev–Trinajstić information content (AvgIpc) is 2.61. The Labute approximate surface area is 149 Å². The zero-order valence-electron chi connectivity index (χ0n) is 14.1. The maximum absolute atomic E-state index is 11.2. The molecular formula is C16H22N4O6. The zero-order chi connectivity index (χ0) is 18.8. The minimum absolute atomic E-state index is 0.0961. The van der Waals surface area contributed by atoms with Crippen LogP contribution in [0.25, 0.3) is 0 Å². The first-order chi connectivity index (χ1) is 12.3. The number of likely N-dealkylation sites (tertiary alicyclic amines) is 1. The maximum Gasteiger partial charge on any atom is 0.306 e. The summed E-state index contributed by atoms with van der Waals surface area (Å²) in [6.07, 6.45) is -0.791. The molecule has 0 aliphatic carbocycles. The molecule has 5 N–H and O–H groups in total. The Balaban J connectivity index is 1.73. The Bertz CT molecular complexity index is 704. The van der Waals surface area contributed by atoms with Gasteiger partial charge in [0.15, 0.2) is 12.5 Å². The minimum Gasteiger partial charge on any atom is -0.481 e. The van der Waals surface area contributed by atoms with E-state index in [1.165, 1.54) is 12.1 Å². The fourth-order valence-electron chi connectivity index (χ4n) is 3.42. The maximum atomic E-state index is 11.2. The van der Waals surface area contributed by atoms with Gasteiger partial charge in [0.25, 0.3) is 5.69 Å². The zero-order valence-corrected chi connectivity index (χ0v) is 14.1. The summed E-state index contributed by atoms with van der Waals surface area (Å²) in [6.45, 7) is 1.96. The van der Waals surface area contributed by atoms with Crippen LogP contribution in [0.5, 0.6) is 0 Å². The van der Waals surface area contributed by atoms with Gasteiger partial charge in [-0.05, 0) is 37.9 Å². The van der Waals surface area contributed by atoms with Crippen molar-refractivity contribution in [2.75, 3.05) is 30.3 Å². The first-order valence-electron chi connectivity index (χ1n) is 8.51. The summed E-state index contributed by atoms with van der Waals surface area (Å²) < 4.78 is 0. The fourth-order valence-corrected chi connectivity index (χ4v) is 3.42. The first kappa shape index (κ1) is 18.4. The van der Waals surface area contributed by atoms with Crippen molar-refractivity contribution in [2.45, 2.75) is 31.7 Å². The Morgan fingerprint density at radius 1 is 1.23 bits per heavy atom. The second kappa shape index (κ2) is 7.44. The van der Waals surface area contributed by atoms with Crippen molar-refractivity contribution in [3.63, 3.8) is 0 Å². The molecule has 0 radical (unpaired) electrons. The number of nitro groups is 1. The van der Waals surface area contributed by atoms with E-state index in [4.69, 9.17) is 5.11 Å². The number of fused-ring (bicyclic) bond motifs is 1. The summed E-state index contributed by atoms with van der Waals surface area (Å²) in [7, 11) is 0. The molecule has 1 aromatic carbocycles. The lowest BCUT2D eigenvalue weighted by molar-refractivity contribution is -0.384. The van der Waals surface area contributed by atoms with Crippen molar-refractivity contribution in [3.05, 3.63) is 27.8 Å². The number of nitrogens with zero attached hydrogens (tertiary/aromatic N) is 2. The molecule has 0 amide bonds. The molecule has 26 heavy (non-hydrogen) atoms. The summed E-state index contributed by atoms with van der Waals surface area (Å²) in [6, 6.07) is 2.78. The second-order valence-electron chi connectivity index (χ2n) is 6.67. The van der Waals surface area contributed by atoms with Crippen LogP contribution >= 0.6 is 0 Å². The predicted octanol–water partition coefficient (Wildman–Crippen LogP) is 0.408. The molecule has 2 heterocycles. The van der Waals surface area contributed by atoms with E-state index in [2.05, 4.69) is 15.5 Å². The molecule has 1 saturated heterocycles. The number of carboxylic acid groups (broad SMARTS) is 1. The lowest BCUT2D eigenvalue weighted by Gasteiger charge is -2.32. The summed E-state index contributed by atoms with van der Waals surface area (Å²) in [5, 5.41) is 45.2. The minimum atomic E-state index is -1.26. The van der Waals surface area contributed by atoms with Gasteiger partial charge in [-0.2, -0.15) is 0 Å². The number of nitrogens with one attached hydrogen (secondary N) is 2. The highest BCUT2D eigenvalue weighted by atomic mass is 16.6. The van der Waals surface area contributed by atoms with Crippen LogP contribution in [-0.4, -0.2) is 63.2 Å². The van der Waals surface area contributed by atoms with Gasteiger partial charge in [-0.15, -0.1) is 0 Å². The van der Waals surface area contributed by atoms with Crippen LogP contribution < -0.4 is 10.6 Å². The number of piperidine rings is 1. The van der Waals surface area contributed by atoms with Gasteiger partial charge in [-0.25, -0.2) is 0 Å². The standard InChI is InChI=1S/C16H22N4O6/c21-14-15(22)18-13-10(7-11(20(25)26)8-12(13)17-14)3-6-19-4-1-9(2-5-19)16(23)24/h7-9,14-15,17-18,21-22H,1-6H2,(H,23,24). The van der Waals surface area contributed by atoms with Crippen molar-refractivity contribution < 1.29 is 25.0 Å². The molecule has 10 nitrogen and oxygen atoms in total. The summed E-state index contributed by atoms with van der Waals surface area (Å²) >= 11 is 0. The number of benzene rings is 1. The van der Waals surface area contributed by atoms with Crippen LogP contribution in [0.4, 0.5) is 17.1 Å². The van der Waals surface area contributed by atoms with Crippen molar-refractivity contribution in [1.29, 1.82) is 0 Å². The van der Waals surface area contributed by atoms with Crippen LogP contribution in [0.2, 0.25) is 0 Å². The van der Waals surface area contributed by atoms with E-state index in [0.717, 1.165) is 0 Å². The molecule has 2 aliphatic heterocycles. The largest absolute Gasteiger partial charge is 0.481 e. The molecule has 142 valence electrons. The number of rotatable bonds is 5. The normalized spacial score (nSPS) is 23.6. The van der Waals surface area contributed by atoms with E-state index in [1.807, 2.05) is 0 Å². The number of aliphatic carboxylic acids is 1. The third-order valence-corrected chi connectivity index (χ3v) is 4.94. The number of nitro benzene ring substituents is 1. The molecule has 2 atom stereocenters. The number of anilines is 2. The van der Waals surface area contributed by atoms with E-state index in [9.17, 15) is 25.1 Å². The van der Waals surface area contributed by atoms with Gasteiger partial charge in [0.1, 0.15) is 0 Å². The highest BCUT2D eigenvalue weighted by Gasteiger charge is 2.29. The Morgan fingerprint density at radius 3 is 2.50 bits per heavy atom. The first-order valence-corrected chi connectivity index (χ1v) is 8.51. The lowest BCUT2D eigenvalue weighted by atomic mass is 9.96. The molecule has 3 rings (SSSR count). The number of hydrogen-bond acceptors (Lipinski definition) is 8. The van der Waals surface area contributed by atoms with Crippen LogP contribution in [0.3, 0.4) is 0 Å². The van der Waals surface area contributed by atoms with Crippen LogP contribution in [-0.2, 0) is 11.2 Å². The Hall–Kier alpha value is -2.43. The molecule has 0 spiro atoms. The number of non-ortho nitro benzene ring substituents is 1. The summed E-state index contributed by atoms with van der Waals surface area (Å²) in [5.41, 5.74) is 1.47. The van der Waals surface area contributed by atoms with Gasteiger partial charge >= 0.3 is 5.97 Å². The van der Waals surface area contributed by atoms with Gasteiger partial charge in [0, 0.05) is 18.7 Å². The van der Waals surface area contributed by atoms with E-state index in [1.54, 1.807) is 0 Å². The third-order valence-electron chi connectivity index (χ3n) is 4.94. The molecule has 0 saturated carbocycles. The Morgan fingerprint density at radius 2 is 1.88 bits per heavy atom. The quantitative estimate of drug-likeness (QED) is 0.369. The molecule has 10 heteroatoms. The third kappa shape index (κ3) is 3.87. The molecular weight excluding hydrogens is 344 g/mol. The van der Waals surface area contributed by atoms with Gasteiger partial charge in [-0.3, -0.25) is 14.9 Å². The fraction of sp³-hybridized carbons (Fsp3) is 0.562. The van der Waals surface area contributed by atoms with Crippen LogP contribution in [0.1, 0.15) is 18.4 Å². The molecule has 2 aliphatic rings. The highest BCUT2D eigenvalue weighted by molar-refractivity contribution is 5.78. The van der Waals surface area contributed by atoms with Crippen molar-refractivity contribution in [1.82, 2.24) is 4.90 Å². The smallest absolute Gasteiger partial charge is 0.306 e. The van der Waals surface area contributed by atoms with Gasteiger partial charge < -0.3 is 30.9 Å². The number of aliphatic hydroxyl groups is 2. The van der Waals surface area contributed by atoms with Gasteiger partial charge in [0.2, 0.25) is 0 Å². The molecule has 1 aromatic rings. The molecule has 1 fully saturated rings. The van der Waals surface area contributed by atoms with Crippen molar-refractivity contribution >= 4 is 23.0 Å². The monoisotopic (exact) mass is 366 g/mol. The topological polar surface area (TPSA) is 148 Å². The molecule has 2 unspecified atom stereocenters. The number of carboxylic acids is 1. The van der Waals surface area contributed by atoms with Crippen LogP contribution in [0.15, 0.2) is 12.1 Å². The predicted molar refractivity (Wildman–Crippen MR) is 92.9 cm³/mol. The summed E-state index contributed by atoms with van der Waals surface area (Å²) in [5.74, 6) is -1.07. The van der Waals surface area contributed by atoms with Gasteiger partial charge in [0.05, 0.1) is 22.2 Å². The van der Waals surface area contributed by atoms with Crippen molar-refractivity contribution in [3.8, 4) is 0 Å². The molecule has 0 aromatic heterocycles. The van der Waals surface area contributed by atoms with E-state index >= 15 is 0 Å². The van der Waals surface area contributed by atoms with E-state index in [-0.39, 0.29) is 11.6 Å². The highest BCUT2D eigenvalue weighted by Crippen LogP contribution is 2.35. The number of aliphatic hydroxyl groups excluding tert-OH is 2. The lowest BCUT2D eigenvalue weighted by Crippen LogP contribution is -2.43. The Kier molecular flexibility index (Phi) is 5.25. The summed E-state index contributed by atoms with van der Waals surface area (Å²) in [4.78, 5) is 23.8. The van der Waals surface area contributed by atoms with Gasteiger partial charge in [-0.1, -0.05) is 0 Å². The number of hydrogen-bond donors (Lipinski definition) is 5. The van der Waals surface area contributed by atoms with Crippen LogP contribution in [0, 0.1) is 16.0 Å².